The van der Waals surface area contributed by atoms with Crippen molar-refractivity contribution in [2.24, 2.45) is 0 Å². The Morgan fingerprint density at radius 3 is 2.19 bits per heavy atom. The zero-order valence-corrected chi connectivity index (χ0v) is 15.1. The second kappa shape index (κ2) is 7.95. The van der Waals surface area contributed by atoms with Crippen LogP contribution in [0.5, 0.6) is 0 Å². The van der Waals surface area contributed by atoms with Crippen LogP contribution in [-0.2, 0) is 4.79 Å². The maximum absolute atomic E-state index is 12.8. The van der Waals surface area contributed by atoms with Crippen LogP contribution in [0.1, 0.15) is 24.2 Å². The number of aromatic nitrogens is 2. The van der Waals surface area contributed by atoms with E-state index in [1.54, 1.807) is 24.2 Å². The molecule has 7 heteroatoms. The number of nitrogens with zero attached hydrogens (tertiary/aromatic N) is 5. The summed E-state index contributed by atoms with van der Waals surface area (Å²) in [6.07, 6.45) is 3.15. The predicted molar refractivity (Wildman–Crippen MR) is 100 cm³/mol. The zero-order chi connectivity index (χ0) is 18.5. The molecule has 3 rings (SSSR count). The van der Waals surface area contributed by atoms with Crippen molar-refractivity contribution in [3.05, 3.63) is 48.3 Å². The van der Waals surface area contributed by atoms with Crippen molar-refractivity contribution in [3.63, 3.8) is 0 Å². The van der Waals surface area contributed by atoms with Crippen molar-refractivity contribution in [1.82, 2.24) is 14.9 Å². The van der Waals surface area contributed by atoms with Crippen LogP contribution in [0, 0.1) is 0 Å². The first-order valence-corrected chi connectivity index (χ1v) is 8.79. The van der Waals surface area contributed by atoms with Gasteiger partial charge >= 0.3 is 0 Å². The summed E-state index contributed by atoms with van der Waals surface area (Å²) in [7, 11) is 0. The SMILES string of the molecule is CCN(C(=O)c1cnc(N2CCN(C(C)=O)CC2)nc1)c1ccccc1. The van der Waals surface area contributed by atoms with Gasteiger partial charge in [-0.2, -0.15) is 0 Å². The highest BCUT2D eigenvalue weighted by Gasteiger charge is 2.21. The smallest absolute Gasteiger partial charge is 0.261 e. The Morgan fingerprint density at radius 1 is 1.04 bits per heavy atom. The third-order valence-corrected chi connectivity index (χ3v) is 4.52. The van der Waals surface area contributed by atoms with Crippen molar-refractivity contribution in [3.8, 4) is 0 Å². The molecule has 0 N–H and O–H groups in total. The maximum Gasteiger partial charge on any atom is 0.261 e. The van der Waals surface area contributed by atoms with Gasteiger partial charge in [0.2, 0.25) is 11.9 Å². The second-order valence-electron chi connectivity index (χ2n) is 6.15. The highest BCUT2D eigenvalue weighted by Crippen LogP contribution is 2.17. The Labute approximate surface area is 153 Å². The van der Waals surface area contributed by atoms with E-state index in [0.717, 1.165) is 5.69 Å². The van der Waals surface area contributed by atoms with Crippen LogP contribution < -0.4 is 9.80 Å². The van der Waals surface area contributed by atoms with Crippen LogP contribution in [0.15, 0.2) is 42.7 Å². The number of rotatable bonds is 4. The molecule has 1 aliphatic heterocycles. The molecule has 7 nitrogen and oxygen atoms in total. The van der Waals surface area contributed by atoms with Gasteiger partial charge in [0.1, 0.15) is 0 Å². The average molecular weight is 353 g/mol. The molecule has 1 aromatic carbocycles. The number of carbonyl (C=O) groups is 2. The summed E-state index contributed by atoms with van der Waals surface area (Å²) in [4.78, 5) is 38.5. The minimum Gasteiger partial charge on any atom is -0.339 e. The molecule has 0 saturated carbocycles. The summed E-state index contributed by atoms with van der Waals surface area (Å²) in [5.74, 6) is 0.561. The maximum atomic E-state index is 12.8. The molecule has 0 bridgehead atoms. The number of amides is 2. The van der Waals surface area contributed by atoms with E-state index >= 15 is 0 Å². The summed E-state index contributed by atoms with van der Waals surface area (Å²) in [6.45, 7) is 6.80. The molecule has 0 spiro atoms. The van der Waals surface area contributed by atoms with Crippen LogP contribution in [0.2, 0.25) is 0 Å². The first-order chi connectivity index (χ1) is 12.6. The van der Waals surface area contributed by atoms with Crippen molar-refractivity contribution >= 4 is 23.5 Å². The Morgan fingerprint density at radius 2 is 1.65 bits per heavy atom. The summed E-state index contributed by atoms with van der Waals surface area (Å²) in [6, 6.07) is 9.55. The second-order valence-corrected chi connectivity index (χ2v) is 6.15. The van der Waals surface area contributed by atoms with Crippen LogP contribution in [0.4, 0.5) is 11.6 Å². The van der Waals surface area contributed by atoms with Crippen molar-refractivity contribution in [2.45, 2.75) is 13.8 Å². The molecule has 0 unspecified atom stereocenters. The van der Waals surface area contributed by atoms with E-state index in [2.05, 4.69) is 9.97 Å². The molecule has 0 radical (unpaired) electrons. The summed E-state index contributed by atoms with van der Waals surface area (Å²) in [5, 5.41) is 0. The van der Waals surface area contributed by atoms with E-state index < -0.39 is 0 Å². The number of carbonyl (C=O) groups excluding carboxylic acids is 2. The Kier molecular flexibility index (Phi) is 5.46. The van der Waals surface area contributed by atoms with Crippen molar-refractivity contribution < 1.29 is 9.59 Å². The highest BCUT2D eigenvalue weighted by atomic mass is 16.2. The fourth-order valence-electron chi connectivity index (χ4n) is 3.02. The van der Waals surface area contributed by atoms with Gasteiger partial charge in [-0.25, -0.2) is 9.97 Å². The van der Waals surface area contributed by atoms with Gasteiger partial charge in [-0.15, -0.1) is 0 Å². The topological polar surface area (TPSA) is 69.6 Å². The largest absolute Gasteiger partial charge is 0.339 e. The van der Waals surface area contributed by atoms with Gasteiger partial charge in [0.05, 0.1) is 5.56 Å². The van der Waals surface area contributed by atoms with Gasteiger partial charge in [-0.3, -0.25) is 9.59 Å². The molecule has 1 fully saturated rings. The Hall–Kier alpha value is -2.96. The fraction of sp³-hybridized carbons (Fsp3) is 0.368. The average Bonchev–Trinajstić information content (AvgIpc) is 2.69. The van der Waals surface area contributed by atoms with E-state index in [1.807, 2.05) is 47.1 Å². The standard InChI is InChI=1S/C19H23N5O2/c1-3-24(17-7-5-4-6-8-17)18(26)16-13-20-19(21-14-16)23-11-9-22(10-12-23)15(2)25/h4-8,13-14H,3,9-12H2,1-2H3. The number of piperazine rings is 1. The predicted octanol–water partition coefficient (Wildman–Crippen LogP) is 1.81. The van der Waals surface area contributed by atoms with Crippen LogP contribution >= 0.6 is 0 Å². The van der Waals surface area contributed by atoms with Gasteiger partial charge in [0.25, 0.3) is 5.91 Å². The summed E-state index contributed by atoms with van der Waals surface area (Å²) < 4.78 is 0. The van der Waals surface area contributed by atoms with Crippen molar-refractivity contribution in [1.29, 1.82) is 0 Å². The molecular weight excluding hydrogens is 330 g/mol. The van der Waals surface area contributed by atoms with Gasteiger partial charge in [-0.1, -0.05) is 18.2 Å². The Bertz CT molecular complexity index is 755. The van der Waals surface area contributed by atoms with E-state index in [1.165, 1.54) is 0 Å². The van der Waals surface area contributed by atoms with Crippen molar-refractivity contribution in [2.75, 3.05) is 42.5 Å². The number of anilines is 2. The van der Waals surface area contributed by atoms with E-state index in [0.29, 0.717) is 44.2 Å². The molecule has 0 atom stereocenters. The molecule has 1 saturated heterocycles. The lowest BCUT2D eigenvalue weighted by Gasteiger charge is -2.34. The van der Waals surface area contributed by atoms with Crippen LogP contribution in [-0.4, -0.2) is 59.4 Å². The van der Waals surface area contributed by atoms with E-state index in [4.69, 9.17) is 0 Å². The first-order valence-electron chi connectivity index (χ1n) is 8.79. The number of hydrogen-bond donors (Lipinski definition) is 0. The number of para-hydroxylation sites is 1. The molecule has 136 valence electrons. The molecule has 1 aromatic heterocycles. The lowest BCUT2D eigenvalue weighted by molar-refractivity contribution is -0.129. The third-order valence-electron chi connectivity index (χ3n) is 4.52. The molecule has 2 heterocycles. The molecule has 2 amide bonds. The molecule has 2 aromatic rings. The summed E-state index contributed by atoms with van der Waals surface area (Å²) >= 11 is 0. The van der Waals surface area contributed by atoms with Crippen LogP contribution in [0.25, 0.3) is 0 Å². The Balaban J connectivity index is 1.69. The van der Waals surface area contributed by atoms with Gasteiger partial charge < -0.3 is 14.7 Å². The summed E-state index contributed by atoms with van der Waals surface area (Å²) in [5.41, 5.74) is 1.31. The van der Waals surface area contributed by atoms with Gasteiger partial charge in [0.15, 0.2) is 0 Å². The van der Waals surface area contributed by atoms with E-state index in [9.17, 15) is 9.59 Å². The fourth-order valence-corrected chi connectivity index (χ4v) is 3.02. The first kappa shape index (κ1) is 17.8. The number of hydrogen-bond acceptors (Lipinski definition) is 5. The van der Waals surface area contributed by atoms with Crippen LogP contribution in [0.3, 0.4) is 0 Å². The number of benzene rings is 1. The normalized spacial score (nSPS) is 14.2. The highest BCUT2D eigenvalue weighted by molar-refractivity contribution is 6.05. The van der Waals surface area contributed by atoms with Gasteiger partial charge in [0, 0.05) is 57.7 Å². The monoisotopic (exact) mass is 353 g/mol. The molecular formula is C19H23N5O2. The van der Waals surface area contributed by atoms with E-state index in [-0.39, 0.29) is 11.8 Å². The lowest BCUT2D eigenvalue weighted by atomic mass is 10.2. The minimum atomic E-state index is -0.119. The third kappa shape index (κ3) is 3.82. The quantitative estimate of drug-likeness (QED) is 0.838. The van der Waals surface area contributed by atoms with Gasteiger partial charge in [-0.05, 0) is 19.1 Å². The lowest BCUT2D eigenvalue weighted by Crippen LogP contribution is -2.48. The molecule has 0 aliphatic carbocycles. The zero-order valence-electron chi connectivity index (χ0n) is 15.1. The molecule has 1 aliphatic rings. The minimum absolute atomic E-state index is 0.0899. The molecule has 26 heavy (non-hydrogen) atoms.